The molecule has 7 nitrogen and oxygen atoms in total. The zero-order valence-electron chi connectivity index (χ0n) is 20.2. The van der Waals surface area contributed by atoms with E-state index in [1.807, 2.05) is 6.07 Å². The minimum Gasteiger partial charge on any atom is -0.325 e. The van der Waals surface area contributed by atoms with E-state index in [2.05, 4.69) is 11.9 Å². The molecule has 8 heteroatoms. The molecule has 184 valence electrons. The molecule has 1 aromatic rings. The number of nitrogens with one attached hydrogen (secondary N) is 2. The van der Waals surface area contributed by atoms with Gasteiger partial charge in [0, 0.05) is 43.6 Å². The number of ketones is 1. The summed E-state index contributed by atoms with van der Waals surface area (Å²) in [6.07, 6.45) is 11.1. The number of nitrogens with zero attached hydrogens (tertiary/aromatic N) is 1. The molecule has 2 amide bonds. The molecule has 1 heterocycles. The predicted octanol–water partition coefficient (Wildman–Crippen LogP) is 5.13. The average Bonchev–Trinajstić information content (AvgIpc) is 2.84. The number of esters is 1. The Morgan fingerprint density at radius 2 is 2.17 bits per heavy atom. The summed E-state index contributed by atoms with van der Waals surface area (Å²) in [5.74, 6) is -0.242. The van der Waals surface area contributed by atoms with E-state index in [0.29, 0.717) is 30.1 Å². The molecular weight excluding hydrogens is 449 g/mol. The third-order valence-corrected chi connectivity index (χ3v) is 5.93. The van der Waals surface area contributed by atoms with Crippen LogP contribution in [-0.2, 0) is 20.4 Å². The Labute approximate surface area is 204 Å². The van der Waals surface area contributed by atoms with E-state index in [-0.39, 0.29) is 23.9 Å². The van der Waals surface area contributed by atoms with Crippen molar-refractivity contribution >= 4 is 35.8 Å². The number of carbonyl (C=O) groups excluding carboxylic acids is 3. The summed E-state index contributed by atoms with van der Waals surface area (Å²) in [6, 6.07) is 4.62. The summed E-state index contributed by atoms with van der Waals surface area (Å²) in [6.45, 7) is 7.41. The molecule has 0 aromatic heterocycles. The Kier molecular flexibility index (Phi) is 8.17. The molecule has 1 aliphatic heterocycles. The third-order valence-electron chi connectivity index (χ3n) is 5.93. The lowest BCUT2D eigenvalue weighted by molar-refractivity contribution is -0.434. The van der Waals surface area contributed by atoms with Crippen LogP contribution in [0, 0.1) is 11.3 Å². The van der Waals surface area contributed by atoms with E-state index in [4.69, 9.17) is 14.6 Å². The standard InChI is InChI=1S/C27H30FN3O4/c1-5-22-19(15-25(34-4)35-27(2,3)17-29)7-6-8-23(22)30-26(33)31-14-13-21(32)16-24(31)18-9-11-20(28)12-10-18/h5-9,11-14,17-18,24,29H,1,10,15-16H2,2-4H3/p+1/t18?,24-/m0/s1. The van der Waals surface area contributed by atoms with Crippen LogP contribution in [0.3, 0.4) is 0 Å². The maximum atomic E-state index is 13.5. The van der Waals surface area contributed by atoms with Crippen molar-refractivity contribution in [2.75, 3.05) is 12.4 Å². The molecule has 0 saturated heterocycles. The number of benzene rings is 1. The van der Waals surface area contributed by atoms with Crippen LogP contribution in [0.1, 0.15) is 37.8 Å². The molecular formula is C27H31FN3O4+. The van der Waals surface area contributed by atoms with E-state index >= 15 is 0 Å². The monoisotopic (exact) mass is 480 g/mol. The molecule has 3 rings (SSSR count). The number of ether oxygens (including phenoxy) is 1. The number of allylic oxidation sites excluding steroid dienone is 4. The maximum absolute atomic E-state index is 13.5. The van der Waals surface area contributed by atoms with Crippen LogP contribution in [0.25, 0.3) is 6.08 Å². The molecule has 0 spiro atoms. The number of hydrogen-bond acceptors (Lipinski definition) is 4. The Balaban J connectivity index is 1.82. The van der Waals surface area contributed by atoms with Crippen molar-refractivity contribution in [2.24, 2.45) is 5.92 Å². The molecule has 1 unspecified atom stereocenters. The van der Waals surface area contributed by atoms with Crippen molar-refractivity contribution < 1.29 is 23.1 Å². The highest BCUT2D eigenvalue weighted by Gasteiger charge is 2.34. The third kappa shape index (κ3) is 6.41. The predicted molar refractivity (Wildman–Crippen MR) is 135 cm³/mol. The lowest BCUT2D eigenvalue weighted by Crippen LogP contribution is -2.46. The first-order valence-corrected chi connectivity index (χ1v) is 11.4. The Hall–Kier alpha value is -3.81. The Bertz CT molecular complexity index is 1130. The quantitative estimate of drug-likeness (QED) is 0.322. The fraction of sp³-hybridized carbons (Fsp3) is 0.333. The first kappa shape index (κ1) is 25.8. The number of halogens is 1. The van der Waals surface area contributed by atoms with E-state index in [1.54, 1.807) is 38.1 Å². The van der Waals surface area contributed by atoms with Gasteiger partial charge in [-0.1, -0.05) is 30.9 Å². The van der Waals surface area contributed by atoms with Crippen molar-refractivity contribution in [2.45, 2.75) is 44.8 Å². The summed E-state index contributed by atoms with van der Waals surface area (Å²) in [4.78, 5) is 26.9. The second-order valence-corrected chi connectivity index (χ2v) is 8.92. The van der Waals surface area contributed by atoms with Crippen LogP contribution in [0.5, 0.6) is 0 Å². The number of urea groups is 1. The van der Waals surface area contributed by atoms with E-state index in [0.717, 1.165) is 5.56 Å². The van der Waals surface area contributed by atoms with Gasteiger partial charge in [-0.3, -0.25) is 9.69 Å². The molecule has 0 radical (unpaired) electrons. The average molecular weight is 481 g/mol. The highest BCUT2D eigenvalue weighted by molar-refractivity contribution is 5.97. The number of carbonyl (C=O) groups is 2. The first-order valence-electron chi connectivity index (χ1n) is 11.4. The molecule has 2 N–H and O–H groups in total. The number of hydrogen-bond donors (Lipinski definition) is 2. The normalized spacial score (nSPS) is 20.3. The van der Waals surface area contributed by atoms with Crippen LogP contribution in [0.2, 0.25) is 0 Å². The second kappa shape index (κ2) is 11.1. The molecule has 2 atom stereocenters. The highest BCUT2D eigenvalue weighted by Crippen LogP contribution is 2.30. The minimum atomic E-state index is -0.829. The molecule has 1 aromatic carbocycles. The van der Waals surface area contributed by atoms with Crippen LogP contribution in [0.4, 0.5) is 14.9 Å². The largest absolute Gasteiger partial charge is 0.489 e. The lowest BCUT2D eigenvalue weighted by atomic mass is 9.87. The highest BCUT2D eigenvalue weighted by atomic mass is 19.1. The molecule has 1 aliphatic carbocycles. The molecule has 0 saturated carbocycles. The zero-order valence-corrected chi connectivity index (χ0v) is 20.2. The molecule has 2 aliphatic rings. The van der Waals surface area contributed by atoms with Gasteiger partial charge in [-0.15, -0.1) is 0 Å². The van der Waals surface area contributed by atoms with Crippen LogP contribution in [-0.4, -0.2) is 47.7 Å². The SMILES string of the molecule is C=Cc1c(CC(OC(C)(C)C=N)=[O+]C)cccc1NC(=O)N1C=CC(=O)C[C@H]1C1C=CC(F)=CC1. The number of amides is 2. The van der Waals surface area contributed by atoms with Gasteiger partial charge in [0.25, 0.3) is 0 Å². The van der Waals surface area contributed by atoms with Gasteiger partial charge in [-0.25, -0.2) is 9.18 Å². The van der Waals surface area contributed by atoms with Crippen molar-refractivity contribution in [3.8, 4) is 0 Å². The summed E-state index contributed by atoms with van der Waals surface area (Å²) in [5, 5.41) is 10.4. The van der Waals surface area contributed by atoms with Crippen LogP contribution < -0.4 is 5.32 Å². The molecule has 0 bridgehead atoms. The fourth-order valence-electron chi connectivity index (χ4n) is 4.04. The minimum absolute atomic E-state index is 0.0771. The van der Waals surface area contributed by atoms with Crippen molar-refractivity contribution in [1.82, 2.24) is 4.90 Å². The molecule has 35 heavy (non-hydrogen) atoms. The smallest absolute Gasteiger partial charge is 0.325 e. The zero-order chi connectivity index (χ0) is 25.6. The van der Waals surface area contributed by atoms with Gasteiger partial charge in [-0.05, 0) is 36.3 Å². The van der Waals surface area contributed by atoms with Gasteiger partial charge >= 0.3 is 12.0 Å². The summed E-state index contributed by atoms with van der Waals surface area (Å²) in [7, 11) is 1.50. The maximum Gasteiger partial charge on any atom is 0.489 e. The van der Waals surface area contributed by atoms with Crippen LogP contribution in [0.15, 0.2) is 61.1 Å². The van der Waals surface area contributed by atoms with Crippen molar-refractivity contribution in [3.05, 3.63) is 72.2 Å². The van der Waals surface area contributed by atoms with Gasteiger partial charge in [0.15, 0.2) is 12.9 Å². The van der Waals surface area contributed by atoms with Crippen molar-refractivity contribution in [3.63, 3.8) is 0 Å². The summed E-state index contributed by atoms with van der Waals surface area (Å²) < 4.78 is 24.6. The Morgan fingerprint density at radius 3 is 2.80 bits per heavy atom. The fourth-order valence-corrected chi connectivity index (χ4v) is 4.04. The topological polar surface area (TPSA) is 93.8 Å². The van der Waals surface area contributed by atoms with E-state index < -0.39 is 17.7 Å². The summed E-state index contributed by atoms with van der Waals surface area (Å²) in [5.41, 5.74) is 1.22. The van der Waals surface area contributed by atoms with Gasteiger partial charge in [0.2, 0.25) is 5.60 Å². The number of rotatable bonds is 7. The lowest BCUT2D eigenvalue weighted by Gasteiger charge is -2.36. The van der Waals surface area contributed by atoms with Crippen molar-refractivity contribution in [1.29, 1.82) is 5.41 Å². The van der Waals surface area contributed by atoms with Gasteiger partial charge in [0.05, 0.1) is 12.3 Å². The molecule has 0 fully saturated rings. The van der Waals surface area contributed by atoms with Gasteiger partial charge in [-0.2, -0.15) is 0 Å². The second-order valence-electron chi connectivity index (χ2n) is 8.92. The van der Waals surface area contributed by atoms with Crippen LogP contribution >= 0.6 is 0 Å². The number of anilines is 1. The van der Waals surface area contributed by atoms with E-state index in [9.17, 15) is 14.0 Å². The summed E-state index contributed by atoms with van der Waals surface area (Å²) >= 11 is 0. The van der Waals surface area contributed by atoms with Gasteiger partial charge in [0.1, 0.15) is 12.2 Å². The first-order chi connectivity index (χ1) is 16.7. The van der Waals surface area contributed by atoms with E-state index in [1.165, 1.54) is 42.7 Å². The van der Waals surface area contributed by atoms with Gasteiger partial charge < -0.3 is 19.9 Å². The Morgan fingerprint density at radius 1 is 1.40 bits per heavy atom.